The van der Waals surface area contributed by atoms with Crippen molar-refractivity contribution in [2.45, 2.75) is 23.7 Å². The van der Waals surface area contributed by atoms with Gasteiger partial charge in [-0.1, -0.05) is 0 Å². The molecule has 0 fully saturated rings. The standard InChI is InChI=1S/C11H17NO2S2/c1-2-14-6-3-5-12-8-10(13)9-4-7-15-11(9)16-12/h4,7,10,13H,2-3,5-6,8H2,1H3. The van der Waals surface area contributed by atoms with Crippen molar-refractivity contribution in [2.75, 3.05) is 26.3 Å². The number of fused-ring (bicyclic) bond motifs is 1. The van der Waals surface area contributed by atoms with Crippen molar-refractivity contribution in [3.63, 3.8) is 0 Å². The zero-order chi connectivity index (χ0) is 11.4. The first-order valence-corrected chi connectivity index (χ1v) is 7.22. The predicted octanol–water partition coefficient (Wildman–Crippen LogP) is 2.53. The van der Waals surface area contributed by atoms with E-state index in [1.54, 1.807) is 23.3 Å². The third kappa shape index (κ3) is 2.99. The molecule has 0 bridgehead atoms. The number of β-amino-alcohol motifs (C(OH)–C–C–N with tert-alkyl or cyclic N) is 1. The van der Waals surface area contributed by atoms with Crippen LogP contribution >= 0.6 is 23.3 Å². The molecule has 0 radical (unpaired) electrons. The summed E-state index contributed by atoms with van der Waals surface area (Å²) in [6.07, 6.45) is 0.698. The van der Waals surface area contributed by atoms with Crippen molar-refractivity contribution in [1.82, 2.24) is 4.31 Å². The maximum absolute atomic E-state index is 9.94. The average molecular weight is 259 g/mol. The number of hydrogen-bond donors (Lipinski definition) is 1. The van der Waals surface area contributed by atoms with Gasteiger partial charge >= 0.3 is 0 Å². The first-order chi connectivity index (χ1) is 7.81. The first-order valence-electron chi connectivity index (χ1n) is 5.57. The first kappa shape index (κ1) is 12.4. The van der Waals surface area contributed by atoms with Crippen LogP contribution in [-0.2, 0) is 4.74 Å². The number of hydrogen-bond acceptors (Lipinski definition) is 5. The van der Waals surface area contributed by atoms with E-state index >= 15 is 0 Å². The molecule has 0 aromatic carbocycles. The van der Waals surface area contributed by atoms with Gasteiger partial charge in [0.15, 0.2) is 0 Å². The molecule has 0 amide bonds. The Morgan fingerprint density at radius 3 is 3.31 bits per heavy atom. The van der Waals surface area contributed by atoms with Crippen LogP contribution in [0.15, 0.2) is 15.7 Å². The molecule has 1 aromatic rings. The normalized spacial score (nSPS) is 21.0. The summed E-state index contributed by atoms with van der Waals surface area (Å²) in [5.41, 5.74) is 1.09. The lowest BCUT2D eigenvalue weighted by molar-refractivity contribution is 0.124. The van der Waals surface area contributed by atoms with E-state index in [2.05, 4.69) is 4.31 Å². The second-order valence-electron chi connectivity index (χ2n) is 3.71. The Balaban J connectivity index is 1.82. The third-order valence-corrected chi connectivity index (χ3v) is 4.73. The minimum Gasteiger partial charge on any atom is -0.387 e. The Hall–Kier alpha value is -0.0700. The van der Waals surface area contributed by atoms with Gasteiger partial charge in [-0.15, -0.1) is 11.3 Å². The molecule has 1 atom stereocenters. The second kappa shape index (κ2) is 6.02. The van der Waals surface area contributed by atoms with Crippen LogP contribution < -0.4 is 0 Å². The van der Waals surface area contributed by atoms with Gasteiger partial charge in [-0.25, -0.2) is 4.31 Å². The van der Waals surface area contributed by atoms with Crippen molar-refractivity contribution >= 4 is 23.3 Å². The fraction of sp³-hybridized carbons (Fsp3) is 0.636. The van der Waals surface area contributed by atoms with Crippen LogP contribution in [0.1, 0.15) is 25.0 Å². The number of thiophene rings is 1. The topological polar surface area (TPSA) is 32.7 Å². The molecule has 2 heterocycles. The summed E-state index contributed by atoms with van der Waals surface area (Å²) >= 11 is 3.47. The fourth-order valence-corrected chi connectivity index (χ4v) is 4.01. The second-order valence-corrected chi connectivity index (χ2v) is 5.99. The molecule has 0 aliphatic carbocycles. The molecule has 3 nitrogen and oxygen atoms in total. The maximum Gasteiger partial charge on any atom is 0.0945 e. The van der Waals surface area contributed by atoms with Gasteiger partial charge in [-0.05, 0) is 36.7 Å². The lowest BCUT2D eigenvalue weighted by atomic mass is 10.2. The van der Waals surface area contributed by atoms with Gasteiger partial charge in [0.05, 0.1) is 10.3 Å². The third-order valence-electron chi connectivity index (χ3n) is 2.51. The Kier molecular flexibility index (Phi) is 4.66. The van der Waals surface area contributed by atoms with Crippen LogP contribution in [0.2, 0.25) is 0 Å². The SMILES string of the molecule is CCOCCCN1CC(O)c2ccsc2S1. The van der Waals surface area contributed by atoms with Crippen molar-refractivity contribution < 1.29 is 9.84 Å². The smallest absolute Gasteiger partial charge is 0.0945 e. The van der Waals surface area contributed by atoms with E-state index in [1.165, 1.54) is 4.21 Å². The fourth-order valence-electron chi connectivity index (χ4n) is 1.70. The van der Waals surface area contributed by atoms with Crippen molar-refractivity contribution in [3.8, 4) is 0 Å². The van der Waals surface area contributed by atoms with E-state index in [0.29, 0.717) is 0 Å². The van der Waals surface area contributed by atoms with Crippen LogP contribution in [0.4, 0.5) is 0 Å². The molecule has 5 heteroatoms. The van der Waals surface area contributed by atoms with Gasteiger partial charge in [0.2, 0.25) is 0 Å². The van der Waals surface area contributed by atoms with Crippen LogP contribution in [0.3, 0.4) is 0 Å². The Bertz CT molecular complexity index is 330. The number of rotatable bonds is 5. The predicted molar refractivity (Wildman–Crippen MR) is 67.8 cm³/mol. The zero-order valence-corrected chi connectivity index (χ0v) is 11.0. The molecule has 1 unspecified atom stereocenters. The highest BCUT2D eigenvalue weighted by atomic mass is 32.2. The number of ether oxygens (including phenoxy) is 1. The molecular weight excluding hydrogens is 242 g/mol. The molecule has 1 aromatic heterocycles. The summed E-state index contributed by atoms with van der Waals surface area (Å²) in [5, 5.41) is 12.0. The zero-order valence-electron chi connectivity index (χ0n) is 9.39. The highest BCUT2D eigenvalue weighted by Gasteiger charge is 2.25. The minimum absolute atomic E-state index is 0.324. The molecule has 0 spiro atoms. The van der Waals surface area contributed by atoms with E-state index in [-0.39, 0.29) is 6.10 Å². The van der Waals surface area contributed by atoms with Crippen molar-refractivity contribution in [2.24, 2.45) is 0 Å². The summed E-state index contributed by atoms with van der Waals surface area (Å²) in [7, 11) is 0. The van der Waals surface area contributed by atoms with E-state index in [9.17, 15) is 5.11 Å². The minimum atomic E-state index is -0.324. The van der Waals surface area contributed by atoms with Crippen molar-refractivity contribution in [3.05, 3.63) is 17.0 Å². The van der Waals surface area contributed by atoms with E-state index < -0.39 is 0 Å². The van der Waals surface area contributed by atoms with Gasteiger partial charge in [0, 0.05) is 31.9 Å². The monoisotopic (exact) mass is 259 g/mol. The molecule has 16 heavy (non-hydrogen) atoms. The Labute approximate surface area is 105 Å². The number of aliphatic hydroxyl groups excluding tert-OH is 1. The summed E-state index contributed by atoms with van der Waals surface area (Å²) in [6, 6.07) is 2.02. The van der Waals surface area contributed by atoms with Gasteiger partial charge in [0.1, 0.15) is 0 Å². The molecule has 1 aliphatic heterocycles. The average Bonchev–Trinajstić information content (AvgIpc) is 2.73. The number of aliphatic hydroxyl groups is 1. The molecule has 0 saturated heterocycles. The molecule has 2 rings (SSSR count). The van der Waals surface area contributed by atoms with Crippen LogP contribution in [0.25, 0.3) is 0 Å². The quantitative estimate of drug-likeness (QED) is 0.650. The largest absolute Gasteiger partial charge is 0.387 e. The van der Waals surface area contributed by atoms with E-state index in [4.69, 9.17) is 4.74 Å². The van der Waals surface area contributed by atoms with Gasteiger partial charge in [0.25, 0.3) is 0 Å². The van der Waals surface area contributed by atoms with Gasteiger partial charge in [-0.2, -0.15) is 0 Å². The van der Waals surface area contributed by atoms with Crippen LogP contribution in [0.5, 0.6) is 0 Å². The van der Waals surface area contributed by atoms with E-state index in [0.717, 1.165) is 38.3 Å². The Morgan fingerprint density at radius 1 is 1.62 bits per heavy atom. The summed E-state index contributed by atoms with van der Waals surface area (Å²) in [4.78, 5) is 0. The summed E-state index contributed by atoms with van der Waals surface area (Å²) in [5.74, 6) is 0. The van der Waals surface area contributed by atoms with Crippen LogP contribution in [-0.4, -0.2) is 35.7 Å². The highest BCUT2D eigenvalue weighted by Crippen LogP contribution is 2.40. The van der Waals surface area contributed by atoms with Gasteiger partial charge < -0.3 is 9.84 Å². The molecule has 0 saturated carbocycles. The molecule has 90 valence electrons. The maximum atomic E-state index is 9.94. The highest BCUT2D eigenvalue weighted by molar-refractivity contribution is 7.99. The molecular formula is C11H17NO2S2. The lowest BCUT2D eigenvalue weighted by Crippen LogP contribution is -2.27. The number of nitrogens with zero attached hydrogens (tertiary/aromatic N) is 1. The van der Waals surface area contributed by atoms with Crippen molar-refractivity contribution in [1.29, 1.82) is 0 Å². The molecule has 1 N–H and O–H groups in total. The van der Waals surface area contributed by atoms with Crippen LogP contribution in [0, 0.1) is 0 Å². The van der Waals surface area contributed by atoms with E-state index in [1.807, 2.05) is 18.4 Å². The van der Waals surface area contributed by atoms with Gasteiger partial charge in [-0.3, -0.25) is 0 Å². The summed E-state index contributed by atoms with van der Waals surface area (Å²) in [6.45, 7) is 5.29. The molecule has 1 aliphatic rings. The summed E-state index contributed by atoms with van der Waals surface area (Å²) < 4.78 is 8.77. The Morgan fingerprint density at radius 2 is 2.50 bits per heavy atom. The lowest BCUT2D eigenvalue weighted by Gasteiger charge is -2.28.